The Balaban J connectivity index is 2.11. The van der Waals surface area contributed by atoms with Gasteiger partial charge in [-0.3, -0.25) is 0 Å². The summed E-state index contributed by atoms with van der Waals surface area (Å²) in [5, 5.41) is 9.96. The lowest BCUT2D eigenvalue weighted by Crippen LogP contribution is -2.12. The molecule has 0 aliphatic carbocycles. The van der Waals surface area contributed by atoms with E-state index in [0.29, 0.717) is 15.7 Å². The quantitative estimate of drug-likeness (QED) is 0.660. The Morgan fingerprint density at radius 2 is 1.95 bits per heavy atom. The normalized spacial score (nSPS) is 12.2. The molecule has 106 valence electrons. The van der Waals surface area contributed by atoms with E-state index in [1.165, 1.54) is 6.07 Å². The molecular formula is C14H12BrF2NO2. The smallest absolute Gasteiger partial charge is 0.200 e. The number of rotatable bonds is 4. The maximum absolute atomic E-state index is 13.5. The van der Waals surface area contributed by atoms with Gasteiger partial charge in [0.25, 0.3) is 0 Å². The summed E-state index contributed by atoms with van der Waals surface area (Å²) in [5.74, 6) is -2.39. The van der Waals surface area contributed by atoms with Crippen LogP contribution in [-0.4, -0.2) is 11.7 Å². The SMILES string of the molecule is Nc1ccccc1C(O)COc1cc(Br)cc(F)c1F. The highest BCUT2D eigenvalue weighted by molar-refractivity contribution is 9.10. The predicted molar refractivity (Wildman–Crippen MR) is 75.4 cm³/mol. The van der Waals surface area contributed by atoms with Gasteiger partial charge in [0.1, 0.15) is 12.7 Å². The number of halogens is 3. The summed E-state index contributed by atoms with van der Waals surface area (Å²) in [7, 11) is 0. The van der Waals surface area contributed by atoms with Gasteiger partial charge in [0.05, 0.1) is 0 Å². The van der Waals surface area contributed by atoms with E-state index in [1.807, 2.05) is 0 Å². The molecule has 2 rings (SSSR count). The van der Waals surface area contributed by atoms with Crippen molar-refractivity contribution in [2.75, 3.05) is 12.3 Å². The molecule has 0 bridgehead atoms. The molecule has 0 fully saturated rings. The van der Waals surface area contributed by atoms with Crippen LogP contribution in [0.25, 0.3) is 0 Å². The monoisotopic (exact) mass is 343 g/mol. The Hall–Kier alpha value is -1.66. The summed E-state index contributed by atoms with van der Waals surface area (Å²) in [6.45, 7) is -0.235. The first-order valence-electron chi connectivity index (χ1n) is 5.79. The number of para-hydroxylation sites is 1. The Kier molecular flexibility index (Phi) is 4.57. The van der Waals surface area contributed by atoms with Gasteiger partial charge in [-0.25, -0.2) is 4.39 Å². The van der Waals surface area contributed by atoms with Gasteiger partial charge in [-0.2, -0.15) is 4.39 Å². The second-order valence-electron chi connectivity index (χ2n) is 4.16. The predicted octanol–water partition coefficient (Wildman–Crippen LogP) is 3.42. The Bertz CT molecular complexity index is 622. The first-order chi connectivity index (χ1) is 9.49. The van der Waals surface area contributed by atoms with E-state index in [0.717, 1.165) is 6.07 Å². The van der Waals surface area contributed by atoms with Crippen LogP contribution in [-0.2, 0) is 0 Å². The number of ether oxygens (including phenoxy) is 1. The van der Waals surface area contributed by atoms with Crippen molar-refractivity contribution in [3.63, 3.8) is 0 Å². The molecule has 0 aliphatic heterocycles. The van der Waals surface area contributed by atoms with Gasteiger partial charge in [0, 0.05) is 15.7 Å². The van der Waals surface area contributed by atoms with Crippen molar-refractivity contribution in [1.29, 1.82) is 0 Å². The van der Waals surface area contributed by atoms with Crippen LogP contribution in [0.3, 0.4) is 0 Å². The van der Waals surface area contributed by atoms with Crippen LogP contribution in [0, 0.1) is 11.6 Å². The second-order valence-corrected chi connectivity index (χ2v) is 5.07. The van der Waals surface area contributed by atoms with Crippen LogP contribution in [0.1, 0.15) is 11.7 Å². The van der Waals surface area contributed by atoms with Crippen LogP contribution in [0.2, 0.25) is 0 Å². The number of hydrogen-bond donors (Lipinski definition) is 2. The van der Waals surface area contributed by atoms with Gasteiger partial charge >= 0.3 is 0 Å². The second kappa shape index (κ2) is 6.19. The highest BCUT2D eigenvalue weighted by Gasteiger charge is 2.15. The third-order valence-corrected chi connectivity index (χ3v) is 3.17. The van der Waals surface area contributed by atoms with E-state index in [4.69, 9.17) is 10.5 Å². The van der Waals surface area contributed by atoms with E-state index in [1.54, 1.807) is 24.3 Å². The molecule has 0 aliphatic rings. The number of anilines is 1. The largest absolute Gasteiger partial charge is 0.487 e. The van der Waals surface area contributed by atoms with E-state index >= 15 is 0 Å². The number of aliphatic hydroxyl groups excluding tert-OH is 1. The fourth-order valence-electron chi connectivity index (χ4n) is 1.71. The van der Waals surface area contributed by atoms with Gasteiger partial charge in [-0.15, -0.1) is 0 Å². The summed E-state index contributed by atoms with van der Waals surface area (Å²) < 4.78 is 32.1. The lowest BCUT2D eigenvalue weighted by molar-refractivity contribution is 0.106. The Morgan fingerprint density at radius 3 is 2.65 bits per heavy atom. The molecule has 2 aromatic rings. The van der Waals surface area contributed by atoms with E-state index in [9.17, 15) is 13.9 Å². The van der Waals surface area contributed by atoms with Crippen molar-refractivity contribution in [3.8, 4) is 5.75 Å². The average Bonchev–Trinajstić information content (AvgIpc) is 2.41. The molecule has 3 N–H and O–H groups in total. The van der Waals surface area contributed by atoms with Crippen LogP contribution in [0.5, 0.6) is 5.75 Å². The van der Waals surface area contributed by atoms with Gasteiger partial charge < -0.3 is 15.6 Å². The number of nitrogen functional groups attached to an aromatic ring is 1. The molecule has 6 heteroatoms. The van der Waals surface area contributed by atoms with Crippen LogP contribution in [0.15, 0.2) is 40.9 Å². The zero-order chi connectivity index (χ0) is 14.7. The lowest BCUT2D eigenvalue weighted by Gasteiger charge is -2.15. The first-order valence-corrected chi connectivity index (χ1v) is 6.58. The number of benzene rings is 2. The van der Waals surface area contributed by atoms with Crippen LogP contribution >= 0.6 is 15.9 Å². The summed E-state index contributed by atoms with van der Waals surface area (Å²) in [6.07, 6.45) is -1.03. The van der Waals surface area contributed by atoms with Crippen molar-refractivity contribution in [1.82, 2.24) is 0 Å². The van der Waals surface area contributed by atoms with Crippen molar-refractivity contribution >= 4 is 21.6 Å². The standard InChI is InChI=1S/C14H12BrF2NO2/c15-8-5-10(16)14(17)13(6-8)20-7-12(19)9-3-1-2-4-11(9)18/h1-6,12,19H,7,18H2. The highest BCUT2D eigenvalue weighted by Crippen LogP contribution is 2.27. The zero-order valence-corrected chi connectivity index (χ0v) is 11.9. The highest BCUT2D eigenvalue weighted by atomic mass is 79.9. The topological polar surface area (TPSA) is 55.5 Å². The Labute approximate surface area is 123 Å². The molecule has 0 saturated carbocycles. The summed E-state index contributed by atoms with van der Waals surface area (Å²) in [5.41, 5.74) is 6.59. The fraction of sp³-hybridized carbons (Fsp3) is 0.143. The van der Waals surface area contributed by atoms with Crippen molar-refractivity contribution in [2.24, 2.45) is 0 Å². The van der Waals surface area contributed by atoms with Gasteiger partial charge in [-0.1, -0.05) is 34.1 Å². The molecule has 0 radical (unpaired) electrons. The molecule has 0 saturated heterocycles. The molecule has 1 unspecified atom stereocenters. The molecule has 0 aromatic heterocycles. The molecule has 0 heterocycles. The van der Waals surface area contributed by atoms with Crippen LogP contribution < -0.4 is 10.5 Å². The maximum atomic E-state index is 13.5. The third-order valence-electron chi connectivity index (χ3n) is 2.71. The first kappa shape index (κ1) is 14.7. The summed E-state index contributed by atoms with van der Waals surface area (Å²) in [4.78, 5) is 0. The molecule has 2 aromatic carbocycles. The van der Waals surface area contributed by atoms with E-state index in [-0.39, 0.29) is 12.4 Å². The van der Waals surface area contributed by atoms with Gasteiger partial charge in [0.2, 0.25) is 5.82 Å². The summed E-state index contributed by atoms with van der Waals surface area (Å²) >= 11 is 3.04. The average molecular weight is 344 g/mol. The fourth-order valence-corrected chi connectivity index (χ4v) is 2.12. The third kappa shape index (κ3) is 3.26. The number of nitrogens with two attached hydrogens (primary N) is 1. The zero-order valence-electron chi connectivity index (χ0n) is 10.3. The lowest BCUT2D eigenvalue weighted by atomic mass is 10.1. The molecule has 1 atom stereocenters. The maximum Gasteiger partial charge on any atom is 0.200 e. The minimum Gasteiger partial charge on any atom is -0.487 e. The molecular weight excluding hydrogens is 332 g/mol. The Morgan fingerprint density at radius 1 is 1.25 bits per heavy atom. The van der Waals surface area contributed by atoms with Gasteiger partial charge in [-0.05, 0) is 18.2 Å². The summed E-state index contributed by atoms with van der Waals surface area (Å²) in [6, 6.07) is 9.01. The molecule has 3 nitrogen and oxygen atoms in total. The van der Waals surface area contributed by atoms with Crippen LogP contribution in [0.4, 0.5) is 14.5 Å². The van der Waals surface area contributed by atoms with Crippen molar-refractivity contribution in [2.45, 2.75) is 6.10 Å². The molecule has 20 heavy (non-hydrogen) atoms. The molecule has 0 spiro atoms. The van der Waals surface area contributed by atoms with E-state index in [2.05, 4.69) is 15.9 Å². The number of aliphatic hydroxyl groups is 1. The van der Waals surface area contributed by atoms with Crippen molar-refractivity contribution < 1.29 is 18.6 Å². The number of hydrogen-bond acceptors (Lipinski definition) is 3. The minimum absolute atomic E-state index is 0.235. The van der Waals surface area contributed by atoms with Gasteiger partial charge in [0.15, 0.2) is 11.6 Å². The van der Waals surface area contributed by atoms with E-state index < -0.39 is 17.7 Å². The molecule has 0 amide bonds. The van der Waals surface area contributed by atoms with Crippen molar-refractivity contribution in [3.05, 3.63) is 58.1 Å². The minimum atomic E-state index is -1.10.